The fourth-order valence-corrected chi connectivity index (χ4v) is 4.48. The van der Waals surface area contributed by atoms with Gasteiger partial charge in [0.1, 0.15) is 0 Å². The first-order valence-corrected chi connectivity index (χ1v) is 11.2. The van der Waals surface area contributed by atoms with Crippen molar-refractivity contribution in [3.8, 4) is 0 Å². The molecule has 1 fully saturated rings. The molecule has 0 bridgehead atoms. The summed E-state index contributed by atoms with van der Waals surface area (Å²) >= 11 is 0. The van der Waals surface area contributed by atoms with Gasteiger partial charge in [0.2, 0.25) is 0 Å². The lowest BCUT2D eigenvalue weighted by Crippen LogP contribution is -2.36. The van der Waals surface area contributed by atoms with Crippen molar-refractivity contribution < 1.29 is 9.53 Å². The Morgan fingerprint density at radius 1 is 1.19 bits per heavy atom. The van der Waals surface area contributed by atoms with Crippen LogP contribution in [-0.4, -0.2) is 54.1 Å². The van der Waals surface area contributed by atoms with Gasteiger partial charge in [-0.3, -0.25) is 9.59 Å². The maximum absolute atomic E-state index is 13.6. The van der Waals surface area contributed by atoms with Crippen LogP contribution in [0.1, 0.15) is 52.5 Å². The van der Waals surface area contributed by atoms with Gasteiger partial charge in [-0.2, -0.15) is 0 Å². The number of aromatic nitrogens is 2. The highest BCUT2D eigenvalue weighted by molar-refractivity contribution is 6.08. The third-order valence-corrected chi connectivity index (χ3v) is 6.27. The molecule has 4 rings (SSSR count). The first-order chi connectivity index (χ1) is 15.3. The van der Waals surface area contributed by atoms with E-state index in [0.29, 0.717) is 30.3 Å². The quantitative estimate of drug-likeness (QED) is 0.639. The Morgan fingerprint density at radius 3 is 2.56 bits per heavy atom. The van der Waals surface area contributed by atoms with E-state index in [0.717, 1.165) is 40.9 Å². The molecule has 2 N–H and O–H groups in total. The van der Waals surface area contributed by atoms with Gasteiger partial charge >= 0.3 is 0 Å². The van der Waals surface area contributed by atoms with E-state index in [-0.39, 0.29) is 18.0 Å². The molecular weight excluding hydrogens is 404 g/mol. The zero-order valence-electron chi connectivity index (χ0n) is 19.5. The van der Waals surface area contributed by atoms with Gasteiger partial charge in [0, 0.05) is 48.7 Å². The number of pyridine rings is 1. The number of benzene rings is 1. The molecule has 170 valence electrons. The Bertz CT molecular complexity index is 1200. The van der Waals surface area contributed by atoms with E-state index in [1.165, 1.54) is 5.56 Å². The number of ether oxygens (including phenoxy) is 1. The van der Waals surface area contributed by atoms with Crippen LogP contribution in [0, 0.1) is 13.8 Å². The predicted molar refractivity (Wildman–Crippen MR) is 128 cm³/mol. The van der Waals surface area contributed by atoms with Crippen molar-refractivity contribution in [2.45, 2.75) is 40.2 Å². The lowest BCUT2D eigenvalue weighted by molar-refractivity contribution is 0.0786. The van der Waals surface area contributed by atoms with E-state index >= 15 is 0 Å². The van der Waals surface area contributed by atoms with E-state index in [1.54, 1.807) is 11.9 Å². The van der Waals surface area contributed by atoms with Crippen LogP contribution in [0.3, 0.4) is 0 Å². The molecule has 7 nitrogen and oxygen atoms in total. The number of fused-ring (bicyclic) bond motifs is 1. The summed E-state index contributed by atoms with van der Waals surface area (Å²) in [5.41, 5.74) is 5.87. The SMILES string of the molecule is Cc1cc(C)c(CN(C)C(=O)c2cc(N3CCOCC3)cc3c(C(C)C)c[nH]c23)c(=O)[nH]1. The second-order valence-electron chi connectivity index (χ2n) is 9.02. The maximum Gasteiger partial charge on any atom is 0.256 e. The van der Waals surface area contributed by atoms with Crippen LogP contribution in [0.25, 0.3) is 10.9 Å². The molecule has 7 heteroatoms. The van der Waals surface area contributed by atoms with Crippen molar-refractivity contribution in [3.05, 3.63) is 62.7 Å². The van der Waals surface area contributed by atoms with Crippen molar-refractivity contribution in [2.75, 3.05) is 38.3 Å². The summed E-state index contributed by atoms with van der Waals surface area (Å²) in [4.78, 5) is 36.2. The highest BCUT2D eigenvalue weighted by Crippen LogP contribution is 2.33. The van der Waals surface area contributed by atoms with Crippen molar-refractivity contribution in [1.29, 1.82) is 0 Å². The summed E-state index contributed by atoms with van der Waals surface area (Å²) in [6.45, 7) is 11.3. The third-order valence-electron chi connectivity index (χ3n) is 6.27. The molecule has 1 saturated heterocycles. The number of aryl methyl sites for hydroxylation is 2. The molecule has 1 aliphatic heterocycles. The number of rotatable bonds is 5. The van der Waals surface area contributed by atoms with Crippen molar-refractivity contribution in [1.82, 2.24) is 14.9 Å². The molecule has 1 aromatic carbocycles. The minimum Gasteiger partial charge on any atom is -0.378 e. The molecule has 2 aromatic heterocycles. The second kappa shape index (κ2) is 8.82. The molecule has 3 aromatic rings. The molecule has 0 unspecified atom stereocenters. The summed E-state index contributed by atoms with van der Waals surface area (Å²) in [5, 5.41) is 1.07. The minimum absolute atomic E-state index is 0.110. The van der Waals surface area contributed by atoms with Crippen molar-refractivity contribution >= 4 is 22.5 Å². The molecule has 0 radical (unpaired) electrons. The summed E-state index contributed by atoms with van der Waals surface area (Å²) in [5.74, 6) is 0.222. The Hall–Kier alpha value is -3.06. The van der Waals surface area contributed by atoms with Gasteiger partial charge in [0.25, 0.3) is 11.5 Å². The van der Waals surface area contributed by atoms with E-state index in [2.05, 4.69) is 34.8 Å². The molecule has 0 atom stereocenters. The number of hydrogen-bond donors (Lipinski definition) is 2. The number of amides is 1. The topological polar surface area (TPSA) is 81.4 Å². The molecular formula is C25H32N4O3. The number of morpholine rings is 1. The van der Waals surface area contributed by atoms with Gasteiger partial charge < -0.3 is 24.5 Å². The molecule has 1 amide bonds. The number of hydrogen-bond acceptors (Lipinski definition) is 4. The lowest BCUT2D eigenvalue weighted by Gasteiger charge is -2.29. The number of carbonyl (C=O) groups is 1. The number of carbonyl (C=O) groups excluding carboxylic acids is 1. The predicted octanol–water partition coefficient (Wildman–Crippen LogP) is 3.71. The van der Waals surface area contributed by atoms with Crippen LogP contribution >= 0.6 is 0 Å². The molecule has 0 aliphatic carbocycles. The van der Waals surface area contributed by atoms with Crippen molar-refractivity contribution in [2.24, 2.45) is 0 Å². The van der Waals surface area contributed by atoms with E-state index in [4.69, 9.17) is 4.74 Å². The summed E-state index contributed by atoms with van der Waals surface area (Å²) < 4.78 is 5.51. The molecule has 0 saturated carbocycles. The number of H-pyrrole nitrogens is 2. The Morgan fingerprint density at radius 2 is 1.91 bits per heavy atom. The maximum atomic E-state index is 13.6. The normalized spacial score (nSPS) is 14.4. The van der Waals surface area contributed by atoms with Crippen LogP contribution in [0.15, 0.2) is 29.2 Å². The Kier molecular flexibility index (Phi) is 6.11. The highest BCUT2D eigenvalue weighted by Gasteiger charge is 2.23. The second-order valence-corrected chi connectivity index (χ2v) is 9.02. The Balaban J connectivity index is 1.75. The van der Waals surface area contributed by atoms with Gasteiger partial charge in [-0.15, -0.1) is 0 Å². The van der Waals surface area contributed by atoms with Gasteiger partial charge in [0.15, 0.2) is 0 Å². The minimum atomic E-state index is -0.142. The van der Waals surface area contributed by atoms with E-state index in [1.807, 2.05) is 32.2 Å². The largest absolute Gasteiger partial charge is 0.378 e. The van der Waals surface area contributed by atoms with Gasteiger partial charge in [0.05, 0.1) is 30.8 Å². The molecule has 3 heterocycles. The molecule has 1 aliphatic rings. The zero-order valence-corrected chi connectivity index (χ0v) is 19.5. The van der Waals surface area contributed by atoms with Crippen LogP contribution in [0.5, 0.6) is 0 Å². The van der Waals surface area contributed by atoms with Crippen LogP contribution in [0.2, 0.25) is 0 Å². The van der Waals surface area contributed by atoms with E-state index < -0.39 is 0 Å². The Labute approximate surface area is 188 Å². The third kappa shape index (κ3) is 4.17. The summed E-state index contributed by atoms with van der Waals surface area (Å²) in [7, 11) is 1.75. The average Bonchev–Trinajstić information content (AvgIpc) is 3.20. The zero-order chi connectivity index (χ0) is 23.0. The first kappa shape index (κ1) is 22.1. The smallest absolute Gasteiger partial charge is 0.256 e. The number of anilines is 1. The van der Waals surface area contributed by atoms with Crippen LogP contribution in [0.4, 0.5) is 5.69 Å². The fraction of sp³-hybridized carbons (Fsp3) is 0.440. The highest BCUT2D eigenvalue weighted by atomic mass is 16.5. The van der Waals surface area contributed by atoms with Gasteiger partial charge in [-0.25, -0.2) is 0 Å². The number of nitrogens with one attached hydrogen (secondary N) is 2. The average molecular weight is 437 g/mol. The monoisotopic (exact) mass is 436 g/mol. The van der Waals surface area contributed by atoms with Crippen LogP contribution in [-0.2, 0) is 11.3 Å². The van der Waals surface area contributed by atoms with Crippen molar-refractivity contribution in [3.63, 3.8) is 0 Å². The molecule has 32 heavy (non-hydrogen) atoms. The lowest BCUT2D eigenvalue weighted by atomic mass is 9.99. The summed E-state index contributed by atoms with van der Waals surface area (Å²) in [6.07, 6.45) is 2.00. The fourth-order valence-electron chi connectivity index (χ4n) is 4.48. The van der Waals surface area contributed by atoms with E-state index in [9.17, 15) is 9.59 Å². The number of aromatic amines is 2. The summed E-state index contributed by atoms with van der Waals surface area (Å²) in [6, 6.07) is 6.09. The van der Waals surface area contributed by atoms with Gasteiger partial charge in [-0.1, -0.05) is 13.8 Å². The first-order valence-electron chi connectivity index (χ1n) is 11.2. The van der Waals surface area contributed by atoms with Crippen LogP contribution < -0.4 is 10.5 Å². The van der Waals surface area contributed by atoms with Gasteiger partial charge in [-0.05, 0) is 49.1 Å². The number of nitrogens with zero attached hydrogens (tertiary/aromatic N) is 2. The standard InChI is InChI=1S/C25H32N4O3/c1-15(2)21-13-26-23-19(21)11-18(29-6-8-32-9-7-29)12-20(23)25(31)28(5)14-22-16(3)10-17(4)27-24(22)30/h10-13,15,26H,6-9,14H2,1-5H3,(H,27,30). The molecule has 0 spiro atoms.